The monoisotopic (exact) mass is 241 g/mol. The maximum absolute atomic E-state index is 11.1. The van der Waals surface area contributed by atoms with Crippen molar-refractivity contribution in [2.45, 2.75) is 51.1 Å². The van der Waals surface area contributed by atoms with Crippen molar-refractivity contribution in [3.05, 3.63) is 0 Å². The van der Waals surface area contributed by atoms with E-state index >= 15 is 0 Å². The van der Waals surface area contributed by atoms with Crippen molar-refractivity contribution in [1.29, 1.82) is 0 Å². The van der Waals surface area contributed by atoms with Crippen molar-refractivity contribution < 1.29 is 4.79 Å². The molecule has 0 radical (unpaired) electrons. The van der Waals surface area contributed by atoms with E-state index in [2.05, 4.69) is 24.2 Å². The first-order valence-corrected chi connectivity index (χ1v) is 6.71. The maximum Gasteiger partial charge on any atom is 0.234 e. The highest BCUT2D eigenvalue weighted by molar-refractivity contribution is 5.79. The van der Waals surface area contributed by atoms with Gasteiger partial charge in [0.2, 0.25) is 5.91 Å². The fraction of sp³-hybridized carbons (Fsp3) is 0.923. The summed E-state index contributed by atoms with van der Waals surface area (Å²) < 4.78 is 0. The fourth-order valence-corrected chi connectivity index (χ4v) is 2.75. The zero-order chi connectivity index (χ0) is 12.8. The number of nitrogens with two attached hydrogens (primary N) is 1. The summed E-state index contributed by atoms with van der Waals surface area (Å²) in [6, 6.07) is 0.489. The third-order valence-corrected chi connectivity index (χ3v) is 3.99. The second-order valence-electron chi connectivity index (χ2n) is 5.44. The number of nitrogens with one attached hydrogen (secondary N) is 1. The van der Waals surface area contributed by atoms with Crippen molar-refractivity contribution in [3.8, 4) is 0 Å². The molecule has 1 fully saturated rings. The number of rotatable bonds is 6. The SMILES string of the molecule is CNC(CCN(C)C1CCCC(C)C1)C(N)=O. The highest BCUT2D eigenvalue weighted by Crippen LogP contribution is 2.26. The zero-order valence-corrected chi connectivity index (χ0v) is 11.4. The molecule has 17 heavy (non-hydrogen) atoms. The predicted octanol–water partition coefficient (Wildman–Crippen LogP) is 0.960. The van der Waals surface area contributed by atoms with Gasteiger partial charge in [0.15, 0.2) is 0 Å². The summed E-state index contributed by atoms with van der Waals surface area (Å²) in [6.07, 6.45) is 6.08. The van der Waals surface area contributed by atoms with Gasteiger partial charge >= 0.3 is 0 Å². The molecule has 0 saturated heterocycles. The van der Waals surface area contributed by atoms with Crippen LogP contribution in [0.15, 0.2) is 0 Å². The van der Waals surface area contributed by atoms with Crippen LogP contribution < -0.4 is 11.1 Å². The smallest absolute Gasteiger partial charge is 0.234 e. The van der Waals surface area contributed by atoms with Crippen LogP contribution in [0.5, 0.6) is 0 Å². The lowest BCUT2D eigenvalue weighted by molar-refractivity contribution is -0.120. The Labute approximate surface area is 105 Å². The lowest BCUT2D eigenvalue weighted by Crippen LogP contribution is -2.43. The van der Waals surface area contributed by atoms with E-state index in [9.17, 15) is 4.79 Å². The molecule has 3 N–H and O–H groups in total. The summed E-state index contributed by atoms with van der Waals surface area (Å²) in [7, 11) is 3.95. The van der Waals surface area contributed by atoms with Gasteiger partial charge in [-0.05, 0) is 39.3 Å². The molecule has 100 valence electrons. The van der Waals surface area contributed by atoms with Crippen molar-refractivity contribution >= 4 is 5.91 Å². The number of carbonyl (C=O) groups excluding carboxylic acids is 1. The molecule has 3 unspecified atom stereocenters. The van der Waals surface area contributed by atoms with Gasteiger partial charge in [-0.15, -0.1) is 0 Å². The first-order valence-electron chi connectivity index (χ1n) is 6.71. The van der Waals surface area contributed by atoms with Gasteiger partial charge in [-0.1, -0.05) is 19.8 Å². The summed E-state index contributed by atoms with van der Waals surface area (Å²) in [5.41, 5.74) is 5.31. The Morgan fingerprint density at radius 3 is 2.76 bits per heavy atom. The van der Waals surface area contributed by atoms with Crippen LogP contribution in [0.4, 0.5) is 0 Å². The van der Waals surface area contributed by atoms with Gasteiger partial charge in [-0.2, -0.15) is 0 Å². The number of amides is 1. The fourth-order valence-electron chi connectivity index (χ4n) is 2.75. The van der Waals surface area contributed by atoms with Crippen LogP contribution in [-0.2, 0) is 4.79 Å². The molecular formula is C13H27N3O. The average Bonchev–Trinajstić information content (AvgIpc) is 2.29. The van der Waals surface area contributed by atoms with Gasteiger partial charge in [-0.25, -0.2) is 0 Å². The van der Waals surface area contributed by atoms with E-state index in [1.807, 2.05) is 0 Å². The van der Waals surface area contributed by atoms with Crippen LogP contribution in [0, 0.1) is 5.92 Å². The van der Waals surface area contributed by atoms with E-state index in [0.717, 1.165) is 18.9 Å². The van der Waals surface area contributed by atoms with E-state index in [1.165, 1.54) is 25.7 Å². The van der Waals surface area contributed by atoms with Gasteiger partial charge in [0, 0.05) is 12.6 Å². The molecule has 0 aromatic carbocycles. The third kappa shape index (κ3) is 4.64. The van der Waals surface area contributed by atoms with Crippen LogP contribution in [0.3, 0.4) is 0 Å². The van der Waals surface area contributed by atoms with Crippen molar-refractivity contribution in [3.63, 3.8) is 0 Å². The Bertz CT molecular complexity index is 245. The largest absolute Gasteiger partial charge is 0.368 e. The maximum atomic E-state index is 11.1. The van der Waals surface area contributed by atoms with Crippen molar-refractivity contribution in [1.82, 2.24) is 10.2 Å². The first-order chi connectivity index (χ1) is 8.04. The van der Waals surface area contributed by atoms with Crippen LogP contribution in [0.1, 0.15) is 39.0 Å². The molecule has 4 nitrogen and oxygen atoms in total. The number of hydrogen-bond donors (Lipinski definition) is 2. The molecule has 0 aliphatic heterocycles. The van der Waals surface area contributed by atoms with Crippen LogP contribution in [0.25, 0.3) is 0 Å². The molecule has 0 aromatic rings. The Balaban J connectivity index is 2.32. The Hall–Kier alpha value is -0.610. The molecule has 1 aliphatic rings. The van der Waals surface area contributed by atoms with Gasteiger partial charge in [0.05, 0.1) is 6.04 Å². The minimum Gasteiger partial charge on any atom is -0.368 e. The molecule has 4 heteroatoms. The molecule has 1 rings (SSSR count). The quantitative estimate of drug-likeness (QED) is 0.728. The molecule has 1 amide bonds. The molecular weight excluding hydrogens is 214 g/mol. The predicted molar refractivity (Wildman–Crippen MR) is 70.7 cm³/mol. The number of hydrogen-bond acceptors (Lipinski definition) is 3. The lowest BCUT2D eigenvalue weighted by atomic mass is 9.86. The number of nitrogens with zero attached hydrogens (tertiary/aromatic N) is 1. The van der Waals surface area contributed by atoms with Gasteiger partial charge in [0.25, 0.3) is 0 Å². The summed E-state index contributed by atoms with van der Waals surface area (Å²) in [4.78, 5) is 13.5. The second kappa shape index (κ2) is 6.97. The number of primary amides is 1. The topological polar surface area (TPSA) is 58.4 Å². The summed E-state index contributed by atoms with van der Waals surface area (Å²) in [5.74, 6) is 0.588. The molecule has 3 atom stereocenters. The van der Waals surface area contributed by atoms with Gasteiger partial charge in [-0.3, -0.25) is 4.79 Å². The van der Waals surface area contributed by atoms with E-state index in [0.29, 0.717) is 6.04 Å². The zero-order valence-electron chi connectivity index (χ0n) is 11.4. The highest BCUT2D eigenvalue weighted by Gasteiger charge is 2.23. The Morgan fingerprint density at radius 1 is 1.53 bits per heavy atom. The third-order valence-electron chi connectivity index (χ3n) is 3.99. The molecule has 0 heterocycles. The average molecular weight is 241 g/mol. The summed E-state index contributed by atoms with van der Waals surface area (Å²) in [6.45, 7) is 3.27. The molecule has 0 bridgehead atoms. The van der Waals surface area contributed by atoms with Crippen LogP contribution >= 0.6 is 0 Å². The van der Waals surface area contributed by atoms with Gasteiger partial charge in [0.1, 0.15) is 0 Å². The van der Waals surface area contributed by atoms with Crippen molar-refractivity contribution in [2.24, 2.45) is 11.7 Å². The minimum absolute atomic E-state index is 0.196. The number of carbonyl (C=O) groups is 1. The first kappa shape index (κ1) is 14.5. The van der Waals surface area contributed by atoms with Crippen molar-refractivity contribution in [2.75, 3.05) is 20.6 Å². The molecule has 0 aromatic heterocycles. The minimum atomic E-state index is -0.252. The van der Waals surface area contributed by atoms with E-state index in [-0.39, 0.29) is 11.9 Å². The molecule has 1 saturated carbocycles. The van der Waals surface area contributed by atoms with Gasteiger partial charge < -0.3 is 16.0 Å². The van der Waals surface area contributed by atoms with Crippen LogP contribution in [0.2, 0.25) is 0 Å². The molecule has 0 spiro atoms. The normalized spacial score (nSPS) is 27.1. The molecule has 1 aliphatic carbocycles. The highest BCUT2D eigenvalue weighted by atomic mass is 16.1. The number of likely N-dealkylation sites (N-methyl/N-ethyl adjacent to an activating group) is 1. The van der Waals surface area contributed by atoms with E-state index in [4.69, 9.17) is 5.73 Å². The lowest BCUT2D eigenvalue weighted by Gasteiger charge is -2.34. The Morgan fingerprint density at radius 2 is 2.24 bits per heavy atom. The Kier molecular flexibility index (Phi) is 5.92. The van der Waals surface area contributed by atoms with E-state index in [1.54, 1.807) is 7.05 Å². The summed E-state index contributed by atoms with van der Waals surface area (Å²) in [5, 5.41) is 2.97. The van der Waals surface area contributed by atoms with E-state index < -0.39 is 0 Å². The standard InChI is InChI=1S/C13H27N3O/c1-10-5-4-6-11(9-10)16(3)8-7-12(15-2)13(14)17/h10-12,15H,4-9H2,1-3H3,(H2,14,17). The van der Waals surface area contributed by atoms with Crippen LogP contribution in [-0.4, -0.2) is 43.5 Å². The second-order valence-corrected chi connectivity index (χ2v) is 5.44. The summed E-state index contributed by atoms with van der Waals surface area (Å²) >= 11 is 0.